The first-order chi connectivity index (χ1) is 8.00. The summed E-state index contributed by atoms with van der Waals surface area (Å²) in [6, 6.07) is 8.23. The first-order valence-corrected chi connectivity index (χ1v) is 6.25. The van der Waals surface area contributed by atoms with Gasteiger partial charge in [0.2, 0.25) is 0 Å². The summed E-state index contributed by atoms with van der Waals surface area (Å²) in [5, 5.41) is 1.14. The molecule has 0 saturated carbocycles. The lowest BCUT2D eigenvalue weighted by Gasteiger charge is -2.21. The lowest BCUT2D eigenvalue weighted by Crippen LogP contribution is -2.22. The Hall–Kier alpha value is -1.28. The van der Waals surface area contributed by atoms with Crippen molar-refractivity contribution in [2.24, 2.45) is 17.6 Å². The van der Waals surface area contributed by atoms with Crippen LogP contribution in [0.1, 0.15) is 38.1 Å². The standard InChI is InChI=1S/C15H21NO/c1-9(2)11(4)14(16)13-8-12-7-5-6-10(3)15(12)17-13/h5-9,11,14H,16H2,1-4H3. The van der Waals surface area contributed by atoms with Gasteiger partial charge < -0.3 is 10.2 Å². The molecule has 0 spiro atoms. The summed E-state index contributed by atoms with van der Waals surface area (Å²) in [6.07, 6.45) is 0. The third-order valence-electron chi connectivity index (χ3n) is 3.71. The summed E-state index contributed by atoms with van der Waals surface area (Å²) in [5.41, 5.74) is 8.39. The van der Waals surface area contributed by atoms with Crippen molar-refractivity contribution in [3.8, 4) is 0 Å². The summed E-state index contributed by atoms with van der Waals surface area (Å²) in [5.74, 6) is 1.87. The van der Waals surface area contributed by atoms with Crippen molar-refractivity contribution in [1.82, 2.24) is 0 Å². The number of nitrogens with two attached hydrogens (primary N) is 1. The molecule has 2 unspecified atom stereocenters. The van der Waals surface area contributed by atoms with Gasteiger partial charge in [-0.25, -0.2) is 0 Å². The Labute approximate surface area is 103 Å². The van der Waals surface area contributed by atoms with Crippen molar-refractivity contribution in [3.05, 3.63) is 35.6 Å². The molecule has 1 aromatic heterocycles. The van der Waals surface area contributed by atoms with Crippen LogP contribution in [0.4, 0.5) is 0 Å². The zero-order chi connectivity index (χ0) is 12.6. The van der Waals surface area contributed by atoms with Gasteiger partial charge in [-0.15, -0.1) is 0 Å². The summed E-state index contributed by atoms with van der Waals surface area (Å²) in [4.78, 5) is 0. The SMILES string of the molecule is Cc1cccc2cc(C(N)C(C)C(C)C)oc12. The minimum absolute atomic E-state index is 0.0261. The minimum Gasteiger partial charge on any atom is -0.459 e. The van der Waals surface area contributed by atoms with E-state index in [4.69, 9.17) is 10.2 Å². The number of hydrogen-bond acceptors (Lipinski definition) is 2. The maximum atomic E-state index is 6.26. The number of rotatable bonds is 3. The van der Waals surface area contributed by atoms with E-state index in [-0.39, 0.29) is 6.04 Å². The van der Waals surface area contributed by atoms with Crippen LogP contribution >= 0.6 is 0 Å². The van der Waals surface area contributed by atoms with E-state index in [1.54, 1.807) is 0 Å². The van der Waals surface area contributed by atoms with Crippen molar-refractivity contribution in [1.29, 1.82) is 0 Å². The summed E-state index contributed by atoms with van der Waals surface area (Å²) >= 11 is 0. The molecule has 0 bridgehead atoms. The molecule has 1 aromatic carbocycles. The molecule has 2 rings (SSSR count). The quantitative estimate of drug-likeness (QED) is 0.866. The van der Waals surface area contributed by atoms with Crippen molar-refractivity contribution in [3.63, 3.8) is 0 Å². The van der Waals surface area contributed by atoms with E-state index in [0.717, 1.165) is 22.3 Å². The highest BCUT2D eigenvalue weighted by molar-refractivity contribution is 5.80. The second kappa shape index (κ2) is 4.53. The minimum atomic E-state index is -0.0261. The molecule has 0 saturated heterocycles. The van der Waals surface area contributed by atoms with Crippen LogP contribution < -0.4 is 5.73 Å². The maximum Gasteiger partial charge on any atom is 0.137 e. The van der Waals surface area contributed by atoms with Gasteiger partial charge in [0.25, 0.3) is 0 Å². The fourth-order valence-electron chi connectivity index (χ4n) is 2.07. The molecule has 0 radical (unpaired) electrons. The maximum absolute atomic E-state index is 6.26. The van der Waals surface area contributed by atoms with Gasteiger partial charge in [0.05, 0.1) is 6.04 Å². The van der Waals surface area contributed by atoms with Crippen LogP contribution in [0.5, 0.6) is 0 Å². The fourth-order valence-corrected chi connectivity index (χ4v) is 2.07. The molecule has 1 heterocycles. The highest BCUT2D eigenvalue weighted by Crippen LogP contribution is 2.31. The Morgan fingerprint density at radius 1 is 1.18 bits per heavy atom. The molecular formula is C15H21NO. The molecule has 0 aliphatic rings. The zero-order valence-corrected chi connectivity index (χ0v) is 11.0. The number of fused-ring (bicyclic) bond motifs is 1. The van der Waals surface area contributed by atoms with Gasteiger partial charge in [-0.3, -0.25) is 0 Å². The molecule has 2 nitrogen and oxygen atoms in total. The summed E-state index contributed by atoms with van der Waals surface area (Å²) < 4.78 is 5.91. The van der Waals surface area contributed by atoms with Crippen LogP contribution in [-0.2, 0) is 0 Å². The van der Waals surface area contributed by atoms with E-state index in [2.05, 4.69) is 45.9 Å². The number of para-hydroxylation sites is 1. The average molecular weight is 231 g/mol. The van der Waals surface area contributed by atoms with Gasteiger partial charge >= 0.3 is 0 Å². The van der Waals surface area contributed by atoms with Gasteiger partial charge in [0.15, 0.2) is 0 Å². The Morgan fingerprint density at radius 2 is 1.88 bits per heavy atom. The van der Waals surface area contributed by atoms with E-state index in [1.807, 2.05) is 6.07 Å². The smallest absolute Gasteiger partial charge is 0.137 e. The van der Waals surface area contributed by atoms with E-state index < -0.39 is 0 Å². The second-order valence-electron chi connectivity index (χ2n) is 5.27. The van der Waals surface area contributed by atoms with Crippen molar-refractivity contribution < 1.29 is 4.42 Å². The Morgan fingerprint density at radius 3 is 2.47 bits per heavy atom. The van der Waals surface area contributed by atoms with Gasteiger partial charge in [-0.05, 0) is 30.4 Å². The lowest BCUT2D eigenvalue weighted by molar-refractivity contribution is 0.317. The molecule has 17 heavy (non-hydrogen) atoms. The number of aryl methyl sites for hydroxylation is 1. The zero-order valence-electron chi connectivity index (χ0n) is 11.0. The first kappa shape index (κ1) is 12.2. The largest absolute Gasteiger partial charge is 0.459 e. The second-order valence-corrected chi connectivity index (χ2v) is 5.27. The number of benzene rings is 1. The average Bonchev–Trinajstić information content (AvgIpc) is 2.72. The normalized spacial score (nSPS) is 15.4. The molecule has 0 aliphatic carbocycles. The predicted octanol–water partition coefficient (Wildman–Crippen LogP) is 4.03. The van der Waals surface area contributed by atoms with E-state index >= 15 is 0 Å². The highest BCUT2D eigenvalue weighted by atomic mass is 16.3. The summed E-state index contributed by atoms with van der Waals surface area (Å²) in [6.45, 7) is 8.62. The summed E-state index contributed by atoms with van der Waals surface area (Å²) in [7, 11) is 0. The number of furan rings is 1. The van der Waals surface area contributed by atoms with Gasteiger partial charge in [0, 0.05) is 5.39 Å². The Kier molecular flexibility index (Phi) is 3.25. The molecule has 0 amide bonds. The van der Waals surface area contributed by atoms with Crippen LogP contribution in [0, 0.1) is 18.8 Å². The molecule has 0 aliphatic heterocycles. The van der Waals surface area contributed by atoms with Crippen molar-refractivity contribution in [2.75, 3.05) is 0 Å². The molecule has 2 N–H and O–H groups in total. The fraction of sp³-hybridized carbons (Fsp3) is 0.467. The van der Waals surface area contributed by atoms with Crippen LogP contribution in [0.25, 0.3) is 11.0 Å². The monoisotopic (exact) mass is 231 g/mol. The van der Waals surface area contributed by atoms with E-state index in [0.29, 0.717) is 11.8 Å². The molecular weight excluding hydrogens is 210 g/mol. The molecule has 2 aromatic rings. The van der Waals surface area contributed by atoms with Crippen molar-refractivity contribution >= 4 is 11.0 Å². The van der Waals surface area contributed by atoms with Gasteiger partial charge in [0.1, 0.15) is 11.3 Å². The molecule has 0 fully saturated rings. The Bertz CT molecular complexity index is 513. The third-order valence-corrected chi connectivity index (χ3v) is 3.71. The van der Waals surface area contributed by atoms with Crippen LogP contribution in [0.3, 0.4) is 0 Å². The van der Waals surface area contributed by atoms with E-state index in [9.17, 15) is 0 Å². The highest BCUT2D eigenvalue weighted by Gasteiger charge is 2.21. The lowest BCUT2D eigenvalue weighted by atomic mass is 9.89. The van der Waals surface area contributed by atoms with E-state index in [1.165, 1.54) is 0 Å². The first-order valence-electron chi connectivity index (χ1n) is 6.25. The van der Waals surface area contributed by atoms with Gasteiger partial charge in [-0.1, -0.05) is 39.0 Å². The van der Waals surface area contributed by atoms with Crippen LogP contribution in [0.2, 0.25) is 0 Å². The predicted molar refractivity (Wildman–Crippen MR) is 71.9 cm³/mol. The van der Waals surface area contributed by atoms with Crippen LogP contribution in [-0.4, -0.2) is 0 Å². The van der Waals surface area contributed by atoms with Crippen LogP contribution in [0.15, 0.2) is 28.7 Å². The topological polar surface area (TPSA) is 39.2 Å². The Balaban J connectivity index is 2.40. The molecule has 92 valence electrons. The third kappa shape index (κ3) is 2.22. The van der Waals surface area contributed by atoms with Crippen molar-refractivity contribution in [2.45, 2.75) is 33.7 Å². The molecule has 2 atom stereocenters. The molecule has 2 heteroatoms. The van der Waals surface area contributed by atoms with Gasteiger partial charge in [-0.2, -0.15) is 0 Å². The number of hydrogen-bond donors (Lipinski definition) is 1.